The highest BCUT2D eigenvalue weighted by Crippen LogP contribution is 2.14. The van der Waals surface area contributed by atoms with Crippen molar-refractivity contribution in [3.8, 4) is 0 Å². The lowest BCUT2D eigenvalue weighted by molar-refractivity contribution is -0.134. The third-order valence-electron chi connectivity index (χ3n) is 4.06. The second kappa shape index (κ2) is 13.9. The minimum Gasteiger partial charge on any atom is -0.481 e. The van der Waals surface area contributed by atoms with E-state index in [1.807, 2.05) is 43.3 Å². The second-order valence-electron chi connectivity index (χ2n) is 6.38. The molecule has 0 atom stereocenters. The predicted molar refractivity (Wildman–Crippen MR) is 115 cm³/mol. The third-order valence-corrected chi connectivity index (χ3v) is 4.06. The summed E-state index contributed by atoms with van der Waals surface area (Å²) in [6, 6.07) is 18.3. The quantitative estimate of drug-likeness (QED) is 0.578. The number of carbonyl (C=O) groups is 2. The molecule has 30 heavy (non-hydrogen) atoms. The summed E-state index contributed by atoms with van der Waals surface area (Å²) in [6.07, 6.45) is 1.83. The molecule has 0 saturated heterocycles. The maximum atomic E-state index is 9.41. The van der Waals surface area contributed by atoms with Gasteiger partial charge >= 0.3 is 0 Å². The number of hydrogen-bond donors (Lipinski definition) is 2. The van der Waals surface area contributed by atoms with Crippen LogP contribution in [0, 0.1) is 6.92 Å². The van der Waals surface area contributed by atoms with Crippen LogP contribution in [0.5, 0.6) is 0 Å². The van der Waals surface area contributed by atoms with Gasteiger partial charge in [0.1, 0.15) is 6.79 Å². The molecule has 1 aliphatic rings. The fourth-order valence-corrected chi connectivity index (χ4v) is 2.74. The highest BCUT2D eigenvalue weighted by molar-refractivity contribution is 5.81. The first kappa shape index (κ1) is 24.9. The standard InChI is InChI=1S/C10H13NO2.C10H9N.C2H4O2.CH2O/c12-11-5-6-13-8-10-4-2-1-3-9(10)7-11;1-8-4-2-5-9-6-3-7-11-10(8)9;1-2(3)4;1-2/h1-4,12H,5-8H2;2-7H,1H3;1H3,(H,3,4);1H2. The van der Waals surface area contributed by atoms with Crippen LogP contribution in [-0.4, -0.2) is 46.3 Å². The molecule has 0 amide bonds. The highest BCUT2D eigenvalue weighted by Gasteiger charge is 2.09. The Morgan fingerprint density at radius 3 is 2.37 bits per heavy atom. The summed E-state index contributed by atoms with van der Waals surface area (Å²) in [4.78, 5) is 21.3. The molecule has 1 aromatic heterocycles. The van der Waals surface area contributed by atoms with Gasteiger partial charge in [0.2, 0.25) is 0 Å². The van der Waals surface area contributed by atoms with Gasteiger partial charge in [-0.2, -0.15) is 5.06 Å². The second-order valence-corrected chi connectivity index (χ2v) is 6.38. The number of para-hydroxylation sites is 1. The number of hydroxylamine groups is 2. The summed E-state index contributed by atoms with van der Waals surface area (Å²) < 4.78 is 5.37. The minimum atomic E-state index is -0.833. The van der Waals surface area contributed by atoms with E-state index in [0.717, 1.165) is 18.0 Å². The van der Waals surface area contributed by atoms with E-state index in [0.29, 0.717) is 26.3 Å². The lowest BCUT2D eigenvalue weighted by Crippen LogP contribution is -2.26. The molecule has 1 aliphatic heterocycles. The van der Waals surface area contributed by atoms with Crippen molar-refractivity contribution in [3.05, 3.63) is 77.5 Å². The fourth-order valence-electron chi connectivity index (χ4n) is 2.74. The van der Waals surface area contributed by atoms with Gasteiger partial charge in [0.05, 0.1) is 18.7 Å². The molecule has 2 aromatic carbocycles. The molecule has 0 saturated carbocycles. The average molecular weight is 412 g/mol. The molecule has 3 aromatic rings. The van der Waals surface area contributed by atoms with Crippen molar-refractivity contribution in [1.29, 1.82) is 0 Å². The van der Waals surface area contributed by atoms with Gasteiger partial charge in [-0.15, -0.1) is 0 Å². The Kier molecular flexibility index (Phi) is 11.6. The van der Waals surface area contributed by atoms with E-state index in [4.69, 9.17) is 19.4 Å². The third kappa shape index (κ3) is 8.91. The first-order chi connectivity index (χ1) is 14.5. The van der Waals surface area contributed by atoms with Gasteiger partial charge in [0, 0.05) is 31.6 Å². The first-order valence-electron chi connectivity index (χ1n) is 9.34. The first-order valence-corrected chi connectivity index (χ1v) is 9.34. The number of carbonyl (C=O) groups excluding carboxylic acids is 1. The molecular weight excluding hydrogens is 384 g/mol. The summed E-state index contributed by atoms with van der Waals surface area (Å²) in [6.45, 7) is 7.58. The SMILES string of the molecule is C=O.CC(=O)O.Cc1cccc2cccnc12.ON1CCOCc2ccccc2C1. The number of ether oxygens (including phenoxy) is 1. The van der Waals surface area contributed by atoms with Crippen LogP contribution >= 0.6 is 0 Å². The van der Waals surface area contributed by atoms with Crippen molar-refractivity contribution in [2.24, 2.45) is 0 Å². The zero-order chi connectivity index (χ0) is 22.4. The van der Waals surface area contributed by atoms with Gasteiger partial charge < -0.3 is 19.8 Å². The van der Waals surface area contributed by atoms with Gasteiger partial charge in [-0.3, -0.25) is 9.78 Å². The van der Waals surface area contributed by atoms with E-state index in [9.17, 15) is 5.21 Å². The van der Waals surface area contributed by atoms with E-state index < -0.39 is 5.97 Å². The molecule has 7 nitrogen and oxygen atoms in total. The summed E-state index contributed by atoms with van der Waals surface area (Å²) >= 11 is 0. The molecule has 0 spiro atoms. The van der Waals surface area contributed by atoms with Crippen LogP contribution in [0.1, 0.15) is 23.6 Å². The Morgan fingerprint density at radius 2 is 1.70 bits per heavy atom. The number of rotatable bonds is 0. The van der Waals surface area contributed by atoms with Crippen LogP contribution in [-0.2, 0) is 27.5 Å². The van der Waals surface area contributed by atoms with E-state index in [1.54, 1.807) is 0 Å². The Hall–Kier alpha value is -3.13. The molecule has 7 heteroatoms. The van der Waals surface area contributed by atoms with Gasteiger partial charge in [-0.1, -0.05) is 48.5 Å². The lowest BCUT2D eigenvalue weighted by atomic mass is 10.1. The van der Waals surface area contributed by atoms with Crippen molar-refractivity contribution in [2.45, 2.75) is 27.0 Å². The summed E-state index contributed by atoms with van der Waals surface area (Å²) in [5, 5.41) is 19.3. The molecule has 0 aliphatic carbocycles. The Bertz CT molecular complexity index is 907. The van der Waals surface area contributed by atoms with Gasteiger partial charge in [0.25, 0.3) is 5.97 Å². The largest absolute Gasteiger partial charge is 0.481 e. The topological polar surface area (TPSA) is 100.0 Å². The lowest BCUT2D eigenvalue weighted by Gasteiger charge is -2.20. The molecule has 0 fully saturated rings. The number of carboxylic acid groups (broad SMARTS) is 1. The van der Waals surface area contributed by atoms with Crippen molar-refractivity contribution in [3.63, 3.8) is 0 Å². The number of aliphatic carboxylic acids is 1. The number of hydrogen-bond acceptors (Lipinski definition) is 6. The summed E-state index contributed by atoms with van der Waals surface area (Å²) in [5.74, 6) is -0.833. The summed E-state index contributed by atoms with van der Waals surface area (Å²) in [7, 11) is 0. The van der Waals surface area contributed by atoms with Crippen molar-refractivity contribution < 1.29 is 24.6 Å². The smallest absolute Gasteiger partial charge is 0.300 e. The monoisotopic (exact) mass is 412 g/mol. The van der Waals surface area contributed by atoms with Crippen LogP contribution in [0.15, 0.2) is 60.8 Å². The molecule has 2 N–H and O–H groups in total. The number of benzene rings is 2. The van der Waals surface area contributed by atoms with E-state index in [2.05, 4.69) is 36.2 Å². The molecule has 0 unspecified atom stereocenters. The van der Waals surface area contributed by atoms with E-state index >= 15 is 0 Å². The number of aromatic nitrogens is 1. The van der Waals surface area contributed by atoms with Crippen LogP contribution in [0.2, 0.25) is 0 Å². The molecule has 0 radical (unpaired) electrons. The van der Waals surface area contributed by atoms with Crippen LogP contribution in [0.25, 0.3) is 10.9 Å². The Balaban J connectivity index is 0.000000241. The molecule has 2 heterocycles. The van der Waals surface area contributed by atoms with E-state index in [-0.39, 0.29) is 0 Å². The van der Waals surface area contributed by atoms with Crippen LogP contribution in [0.4, 0.5) is 0 Å². The minimum absolute atomic E-state index is 0.578. The highest BCUT2D eigenvalue weighted by atomic mass is 16.5. The maximum absolute atomic E-state index is 9.41. The van der Waals surface area contributed by atoms with Crippen LogP contribution < -0.4 is 0 Å². The predicted octanol–water partition coefficient (Wildman–Crippen LogP) is 3.86. The molecule has 0 bridgehead atoms. The summed E-state index contributed by atoms with van der Waals surface area (Å²) in [5.41, 5.74) is 4.66. The fraction of sp³-hybridized carbons (Fsp3) is 0.261. The van der Waals surface area contributed by atoms with Crippen molar-refractivity contribution in [2.75, 3.05) is 13.2 Å². The van der Waals surface area contributed by atoms with Crippen LogP contribution in [0.3, 0.4) is 0 Å². The average Bonchev–Trinajstić information content (AvgIpc) is 2.73. The van der Waals surface area contributed by atoms with Gasteiger partial charge in [0.15, 0.2) is 0 Å². The zero-order valence-electron chi connectivity index (χ0n) is 17.3. The van der Waals surface area contributed by atoms with Crippen molar-refractivity contribution >= 4 is 23.7 Å². The molecule has 4 rings (SSSR count). The van der Waals surface area contributed by atoms with Crippen molar-refractivity contribution in [1.82, 2.24) is 10.0 Å². The zero-order valence-corrected chi connectivity index (χ0v) is 17.3. The number of fused-ring (bicyclic) bond motifs is 2. The van der Waals surface area contributed by atoms with E-state index in [1.165, 1.54) is 21.6 Å². The normalized spacial score (nSPS) is 12.9. The van der Waals surface area contributed by atoms with Gasteiger partial charge in [-0.25, -0.2) is 0 Å². The maximum Gasteiger partial charge on any atom is 0.300 e. The Morgan fingerprint density at radius 1 is 1.07 bits per heavy atom. The molecular formula is C23H28N2O5. The number of nitrogens with zero attached hydrogens (tertiary/aromatic N) is 2. The number of aryl methyl sites for hydroxylation is 1. The molecule has 160 valence electrons. The number of carboxylic acids is 1. The Labute approximate surface area is 176 Å². The number of pyridine rings is 1. The van der Waals surface area contributed by atoms with Gasteiger partial charge in [-0.05, 0) is 29.7 Å².